The average molecular weight is 387 g/mol. The molecule has 1 N–H and O–H groups in total. The van der Waals surface area contributed by atoms with Crippen molar-refractivity contribution in [1.82, 2.24) is 0 Å². The molecule has 7 heteroatoms. The van der Waals surface area contributed by atoms with Crippen LogP contribution in [0.3, 0.4) is 0 Å². The highest BCUT2D eigenvalue weighted by molar-refractivity contribution is 8.00. The number of esters is 1. The normalized spacial score (nSPS) is 11.4. The van der Waals surface area contributed by atoms with Gasteiger partial charge in [-0.05, 0) is 62.4 Å². The monoisotopic (exact) mass is 387 g/mol. The maximum absolute atomic E-state index is 12.1. The number of ketones is 1. The van der Waals surface area contributed by atoms with Crippen LogP contribution in [-0.2, 0) is 14.3 Å². The van der Waals surface area contributed by atoms with Crippen LogP contribution in [0, 0.1) is 0 Å². The van der Waals surface area contributed by atoms with Gasteiger partial charge in [0.2, 0.25) is 0 Å². The molecule has 27 heavy (non-hydrogen) atoms. The quantitative estimate of drug-likeness (QED) is 0.424. The largest absolute Gasteiger partial charge is 0.497 e. The van der Waals surface area contributed by atoms with Gasteiger partial charge in [-0.1, -0.05) is 0 Å². The third kappa shape index (κ3) is 6.45. The van der Waals surface area contributed by atoms with E-state index in [9.17, 15) is 14.4 Å². The van der Waals surface area contributed by atoms with Crippen molar-refractivity contribution in [2.45, 2.75) is 24.8 Å². The van der Waals surface area contributed by atoms with Gasteiger partial charge in [0.25, 0.3) is 5.91 Å². The van der Waals surface area contributed by atoms with Gasteiger partial charge in [0.05, 0.1) is 12.9 Å². The number of ether oxygens (including phenoxy) is 2. The molecule has 0 unspecified atom stereocenters. The smallest absolute Gasteiger partial charge is 0.317 e. The van der Waals surface area contributed by atoms with Gasteiger partial charge in [-0.15, -0.1) is 11.8 Å². The molecule has 0 aliphatic carbocycles. The Hall–Kier alpha value is -2.80. The van der Waals surface area contributed by atoms with Crippen molar-refractivity contribution in [2.75, 3.05) is 18.2 Å². The summed E-state index contributed by atoms with van der Waals surface area (Å²) in [5.74, 6) is -0.135. The molecule has 0 aliphatic heterocycles. The van der Waals surface area contributed by atoms with Crippen molar-refractivity contribution < 1.29 is 23.9 Å². The molecule has 0 spiro atoms. The number of carbonyl (C=O) groups excluding carboxylic acids is 3. The summed E-state index contributed by atoms with van der Waals surface area (Å²) in [5.41, 5.74) is 1.09. The van der Waals surface area contributed by atoms with Gasteiger partial charge in [-0.2, -0.15) is 0 Å². The van der Waals surface area contributed by atoms with E-state index in [1.54, 1.807) is 43.5 Å². The highest BCUT2D eigenvalue weighted by Crippen LogP contribution is 2.21. The van der Waals surface area contributed by atoms with E-state index in [2.05, 4.69) is 5.32 Å². The molecule has 0 bridgehead atoms. The zero-order chi connectivity index (χ0) is 19.8. The first kappa shape index (κ1) is 20.5. The highest BCUT2D eigenvalue weighted by atomic mass is 32.2. The molecule has 0 saturated heterocycles. The minimum absolute atomic E-state index is 0.0514. The zero-order valence-electron chi connectivity index (χ0n) is 15.4. The van der Waals surface area contributed by atoms with Crippen LogP contribution in [0.2, 0.25) is 0 Å². The van der Waals surface area contributed by atoms with Gasteiger partial charge < -0.3 is 14.8 Å². The predicted octanol–water partition coefficient (Wildman–Crippen LogP) is 3.56. The molecule has 0 fully saturated rings. The van der Waals surface area contributed by atoms with Crippen molar-refractivity contribution >= 4 is 35.1 Å². The van der Waals surface area contributed by atoms with Crippen LogP contribution >= 0.6 is 11.8 Å². The predicted molar refractivity (Wildman–Crippen MR) is 104 cm³/mol. The van der Waals surface area contributed by atoms with E-state index in [1.165, 1.54) is 25.6 Å². The Morgan fingerprint density at radius 1 is 1.04 bits per heavy atom. The number of thioether (sulfide) groups is 1. The van der Waals surface area contributed by atoms with Crippen LogP contribution in [0.15, 0.2) is 53.4 Å². The number of Topliss-reactive ketones (excluding diaryl/α,β-unsaturated/α-hetero) is 1. The summed E-state index contributed by atoms with van der Waals surface area (Å²) < 4.78 is 10.2. The van der Waals surface area contributed by atoms with Gasteiger partial charge in [0.1, 0.15) is 5.75 Å². The molecule has 0 aliphatic rings. The molecule has 2 rings (SSSR count). The van der Waals surface area contributed by atoms with Crippen LogP contribution in [0.25, 0.3) is 0 Å². The summed E-state index contributed by atoms with van der Waals surface area (Å²) in [4.78, 5) is 36.2. The maximum Gasteiger partial charge on any atom is 0.317 e. The van der Waals surface area contributed by atoms with Gasteiger partial charge in [0.15, 0.2) is 11.9 Å². The number of benzene rings is 2. The fourth-order valence-electron chi connectivity index (χ4n) is 2.13. The molecule has 0 heterocycles. The first-order chi connectivity index (χ1) is 12.9. The Morgan fingerprint density at radius 3 is 2.22 bits per heavy atom. The Morgan fingerprint density at radius 2 is 1.67 bits per heavy atom. The molecular formula is C20H21NO5S. The first-order valence-electron chi connectivity index (χ1n) is 8.27. The van der Waals surface area contributed by atoms with Crippen LogP contribution in [0.4, 0.5) is 5.69 Å². The lowest BCUT2D eigenvalue weighted by molar-refractivity contribution is -0.150. The van der Waals surface area contributed by atoms with E-state index >= 15 is 0 Å². The molecule has 6 nitrogen and oxygen atoms in total. The van der Waals surface area contributed by atoms with E-state index in [1.807, 2.05) is 12.1 Å². The lowest BCUT2D eigenvalue weighted by atomic mass is 10.1. The topological polar surface area (TPSA) is 81.7 Å². The standard InChI is InChI=1S/C20H21NO5S/c1-13(22)15-4-6-16(7-5-15)21-20(24)14(2)26-19(23)12-27-18-10-8-17(25-3)9-11-18/h4-11,14H,12H2,1-3H3,(H,21,24)/t14-/m0/s1. The lowest BCUT2D eigenvalue weighted by Gasteiger charge is -2.13. The molecule has 2 aromatic rings. The number of anilines is 1. The number of rotatable bonds is 8. The van der Waals surface area contributed by atoms with Crippen LogP contribution in [0.1, 0.15) is 24.2 Å². The Bertz CT molecular complexity index is 802. The SMILES string of the molecule is COc1ccc(SCC(=O)O[C@@H](C)C(=O)Nc2ccc(C(C)=O)cc2)cc1. The van der Waals surface area contributed by atoms with E-state index in [0.717, 1.165) is 10.6 Å². The molecule has 142 valence electrons. The van der Waals surface area contributed by atoms with Gasteiger partial charge >= 0.3 is 5.97 Å². The molecule has 0 aromatic heterocycles. The second-order valence-electron chi connectivity index (χ2n) is 5.72. The van der Waals surface area contributed by atoms with Crippen molar-refractivity contribution in [3.63, 3.8) is 0 Å². The second kappa shape index (κ2) is 9.78. The number of hydrogen-bond donors (Lipinski definition) is 1. The number of methoxy groups -OCH3 is 1. The Labute approximate surface area is 162 Å². The van der Waals surface area contributed by atoms with Crippen LogP contribution in [0.5, 0.6) is 5.75 Å². The Balaban J connectivity index is 1.80. The van der Waals surface area contributed by atoms with E-state index < -0.39 is 18.0 Å². The highest BCUT2D eigenvalue weighted by Gasteiger charge is 2.18. The second-order valence-corrected chi connectivity index (χ2v) is 6.77. The van der Waals surface area contributed by atoms with Crippen LogP contribution < -0.4 is 10.1 Å². The van der Waals surface area contributed by atoms with Gasteiger partial charge in [0, 0.05) is 16.1 Å². The molecule has 1 atom stereocenters. The summed E-state index contributed by atoms with van der Waals surface area (Å²) in [6, 6.07) is 13.8. The summed E-state index contributed by atoms with van der Waals surface area (Å²) in [6.45, 7) is 2.98. The Kier molecular flexibility index (Phi) is 7.43. The fraction of sp³-hybridized carbons (Fsp3) is 0.250. The maximum atomic E-state index is 12.1. The van der Waals surface area contributed by atoms with Crippen molar-refractivity contribution in [3.05, 3.63) is 54.1 Å². The number of hydrogen-bond acceptors (Lipinski definition) is 6. The molecule has 0 radical (unpaired) electrons. The number of carbonyl (C=O) groups is 3. The first-order valence-corrected chi connectivity index (χ1v) is 9.26. The van der Waals surface area contributed by atoms with Crippen molar-refractivity contribution in [1.29, 1.82) is 0 Å². The van der Waals surface area contributed by atoms with E-state index in [0.29, 0.717) is 11.3 Å². The summed E-state index contributed by atoms with van der Waals surface area (Å²) in [7, 11) is 1.59. The number of amides is 1. The van der Waals surface area contributed by atoms with Crippen molar-refractivity contribution in [3.8, 4) is 5.75 Å². The molecule has 0 saturated carbocycles. The van der Waals surface area contributed by atoms with E-state index in [-0.39, 0.29) is 11.5 Å². The van der Waals surface area contributed by atoms with E-state index in [4.69, 9.17) is 9.47 Å². The van der Waals surface area contributed by atoms with Crippen molar-refractivity contribution in [2.24, 2.45) is 0 Å². The zero-order valence-corrected chi connectivity index (χ0v) is 16.2. The summed E-state index contributed by atoms with van der Waals surface area (Å²) in [6.07, 6.45) is -0.929. The van der Waals surface area contributed by atoms with Gasteiger partial charge in [-0.3, -0.25) is 14.4 Å². The van der Waals surface area contributed by atoms with Crippen LogP contribution in [-0.4, -0.2) is 36.6 Å². The average Bonchev–Trinajstić information content (AvgIpc) is 2.67. The minimum Gasteiger partial charge on any atom is -0.497 e. The molecular weight excluding hydrogens is 366 g/mol. The summed E-state index contributed by atoms with van der Waals surface area (Å²) in [5, 5.41) is 2.65. The summed E-state index contributed by atoms with van der Waals surface area (Å²) >= 11 is 1.32. The lowest BCUT2D eigenvalue weighted by Crippen LogP contribution is -2.30. The molecule has 2 aromatic carbocycles. The third-order valence-electron chi connectivity index (χ3n) is 3.65. The number of nitrogens with one attached hydrogen (secondary N) is 1. The molecule has 1 amide bonds. The minimum atomic E-state index is -0.929. The fourth-order valence-corrected chi connectivity index (χ4v) is 2.81. The van der Waals surface area contributed by atoms with Gasteiger partial charge in [-0.25, -0.2) is 0 Å². The third-order valence-corrected chi connectivity index (χ3v) is 4.64.